The van der Waals surface area contributed by atoms with Crippen molar-refractivity contribution < 1.29 is 19.2 Å². The van der Waals surface area contributed by atoms with Crippen LogP contribution in [0.15, 0.2) is 12.1 Å². The van der Waals surface area contributed by atoms with Crippen molar-refractivity contribution in [1.82, 2.24) is 0 Å². The number of rotatable bonds is 3. The molecule has 1 aliphatic carbocycles. The quantitative estimate of drug-likeness (QED) is 0.676. The maximum atomic E-state index is 13.8. The van der Waals surface area contributed by atoms with Gasteiger partial charge < -0.3 is 9.84 Å². The molecule has 0 amide bonds. The Bertz CT molecular complexity index is 492. The van der Waals surface area contributed by atoms with Gasteiger partial charge in [0.05, 0.1) is 17.1 Å². The number of nitrogens with zero attached hydrogens (tertiary/aromatic N) is 1. The van der Waals surface area contributed by atoms with Crippen LogP contribution in [0, 0.1) is 22.9 Å². The molecule has 2 atom stereocenters. The summed E-state index contributed by atoms with van der Waals surface area (Å²) >= 11 is 0. The van der Waals surface area contributed by atoms with Gasteiger partial charge in [-0.05, 0) is 32.3 Å². The molecular formula is C13H16FNO4. The Hall–Kier alpha value is -1.69. The number of aliphatic hydroxyl groups is 1. The molecule has 0 aliphatic heterocycles. The zero-order valence-corrected chi connectivity index (χ0v) is 10.6. The summed E-state index contributed by atoms with van der Waals surface area (Å²) in [4.78, 5) is 10.1. The summed E-state index contributed by atoms with van der Waals surface area (Å²) in [5.41, 5.74) is 0.0701. The van der Waals surface area contributed by atoms with Gasteiger partial charge in [-0.15, -0.1) is 0 Å². The molecule has 0 aromatic heterocycles. The third-order valence-corrected chi connectivity index (χ3v) is 3.39. The van der Waals surface area contributed by atoms with E-state index in [0.717, 1.165) is 18.9 Å². The predicted molar refractivity (Wildman–Crippen MR) is 66.7 cm³/mol. The van der Waals surface area contributed by atoms with Crippen LogP contribution in [-0.2, 0) is 0 Å². The standard InChI is InChI=1S/C13H16FNO4/c1-8-6-13(9(14)7-10(8)15(17)18)19-12-5-3-2-4-11(12)16/h6-7,11-12,16H,2-5H2,1H3/t11-,12-/m1/s1. The van der Waals surface area contributed by atoms with E-state index >= 15 is 0 Å². The topological polar surface area (TPSA) is 72.6 Å². The molecule has 0 spiro atoms. The van der Waals surface area contributed by atoms with Gasteiger partial charge >= 0.3 is 0 Å². The third kappa shape index (κ3) is 3.01. The van der Waals surface area contributed by atoms with E-state index in [1.165, 1.54) is 13.0 Å². The number of benzene rings is 1. The zero-order valence-electron chi connectivity index (χ0n) is 10.6. The van der Waals surface area contributed by atoms with Crippen molar-refractivity contribution in [3.63, 3.8) is 0 Å². The average molecular weight is 269 g/mol. The molecule has 0 radical (unpaired) electrons. The van der Waals surface area contributed by atoms with Gasteiger partial charge in [0, 0.05) is 5.56 Å². The second kappa shape index (κ2) is 5.52. The molecule has 1 saturated carbocycles. The minimum atomic E-state index is -0.768. The summed E-state index contributed by atoms with van der Waals surface area (Å²) in [5, 5.41) is 20.5. The fourth-order valence-corrected chi connectivity index (χ4v) is 2.31. The van der Waals surface area contributed by atoms with E-state index in [1.54, 1.807) is 0 Å². The Morgan fingerprint density at radius 3 is 2.74 bits per heavy atom. The molecular weight excluding hydrogens is 253 g/mol. The first-order valence-electron chi connectivity index (χ1n) is 6.28. The summed E-state index contributed by atoms with van der Waals surface area (Å²) in [6.07, 6.45) is 2.11. The monoisotopic (exact) mass is 269 g/mol. The Morgan fingerprint density at radius 1 is 1.42 bits per heavy atom. The Balaban J connectivity index is 2.21. The second-order valence-corrected chi connectivity index (χ2v) is 4.83. The second-order valence-electron chi connectivity index (χ2n) is 4.83. The van der Waals surface area contributed by atoms with Gasteiger partial charge in [-0.3, -0.25) is 10.1 Å². The molecule has 5 nitrogen and oxygen atoms in total. The number of nitro groups is 1. The molecule has 104 valence electrons. The van der Waals surface area contributed by atoms with Crippen LogP contribution in [-0.4, -0.2) is 22.2 Å². The summed E-state index contributed by atoms with van der Waals surface area (Å²) in [5.74, 6) is -0.802. The van der Waals surface area contributed by atoms with Gasteiger partial charge in [0.1, 0.15) is 6.10 Å². The lowest BCUT2D eigenvalue weighted by atomic mass is 9.95. The van der Waals surface area contributed by atoms with E-state index in [0.29, 0.717) is 18.4 Å². The van der Waals surface area contributed by atoms with Crippen LogP contribution in [0.1, 0.15) is 31.2 Å². The summed E-state index contributed by atoms with van der Waals surface area (Å²) in [7, 11) is 0. The highest BCUT2D eigenvalue weighted by Gasteiger charge is 2.26. The number of ether oxygens (including phenoxy) is 1. The minimum absolute atomic E-state index is 0.0333. The van der Waals surface area contributed by atoms with Crippen LogP contribution in [0.5, 0.6) is 5.75 Å². The lowest BCUT2D eigenvalue weighted by Gasteiger charge is -2.28. The predicted octanol–water partition coefficient (Wildman–Crippen LogP) is 2.72. The molecule has 1 aliphatic rings. The van der Waals surface area contributed by atoms with Gasteiger partial charge in [0.15, 0.2) is 11.6 Å². The van der Waals surface area contributed by atoms with Crippen molar-refractivity contribution in [2.45, 2.75) is 44.8 Å². The van der Waals surface area contributed by atoms with Crippen LogP contribution >= 0.6 is 0 Å². The van der Waals surface area contributed by atoms with E-state index in [1.807, 2.05) is 0 Å². The first kappa shape index (κ1) is 13.7. The summed E-state index contributed by atoms with van der Waals surface area (Å²) in [6, 6.07) is 2.18. The van der Waals surface area contributed by atoms with Crippen LogP contribution in [0.4, 0.5) is 10.1 Å². The van der Waals surface area contributed by atoms with Crippen LogP contribution in [0.3, 0.4) is 0 Å². The molecule has 0 saturated heterocycles. The highest BCUT2D eigenvalue weighted by Crippen LogP contribution is 2.30. The first-order chi connectivity index (χ1) is 8.99. The van der Waals surface area contributed by atoms with E-state index in [4.69, 9.17) is 4.74 Å². The molecule has 1 fully saturated rings. The molecule has 2 rings (SSSR count). The van der Waals surface area contributed by atoms with Gasteiger partial charge in [0.2, 0.25) is 0 Å². The fourth-order valence-electron chi connectivity index (χ4n) is 2.31. The molecule has 0 unspecified atom stereocenters. The normalized spacial score (nSPS) is 23.1. The van der Waals surface area contributed by atoms with Gasteiger partial charge in [0.25, 0.3) is 5.69 Å². The van der Waals surface area contributed by atoms with Crippen molar-refractivity contribution in [1.29, 1.82) is 0 Å². The van der Waals surface area contributed by atoms with Crippen molar-refractivity contribution in [2.75, 3.05) is 0 Å². The molecule has 1 aromatic carbocycles. The Morgan fingerprint density at radius 2 is 2.11 bits per heavy atom. The SMILES string of the molecule is Cc1cc(O[C@@H]2CCCC[C@H]2O)c(F)cc1[N+](=O)[O-]. The number of aryl methyl sites for hydroxylation is 1. The average Bonchev–Trinajstić information content (AvgIpc) is 2.35. The van der Waals surface area contributed by atoms with Crippen molar-refractivity contribution in [2.24, 2.45) is 0 Å². The number of hydrogen-bond acceptors (Lipinski definition) is 4. The molecule has 0 heterocycles. The van der Waals surface area contributed by atoms with Gasteiger partial charge in [-0.25, -0.2) is 4.39 Å². The van der Waals surface area contributed by atoms with Gasteiger partial charge in [-0.2, -0.15) is 0 Å². The number of halogens is 1. The minimum Gasteiger partial charge on any atom is -0.485 e. The van der Waals surface area contributed by atoms with Crippen LogP contribution < -0.4 is 4.74 Å². The molecule has 19 heavy (non-hydrogen) atoms. The van der Waals surface area contributed by atoms with E-state index in [9.17, 15) is 19.6 Å². The van der Waals surface area contributed by atoms with E-state index in [-0.39, 0.29) is 11.4 Å². The van der Waals surface area contributed by atoms with Crippen LogP contribution in [0.2, 0.25) is 0 Å². The third-order valence-electron chi connectivity index (χ3n) is 3.39. The van der Waals surface area contributed by atoms with Crippen molar-refractivity contribution in [3.05, 3.63) is 33.6 Å². The van der Waals surface area contributed by atoms with Crippen LogP contribution in [0.25, 0.3) is 0 Å². The smallest absolute Gasteiger partial charge is 0.275 e. The number of aliphatic hydroxyl groups excluding tert-OH is 1. The molecule has 6 heteroatoms. The van der Waals surface area contributed by atoms with Crippen molar-refractivity contribution >= 4 is 5.69 Å². The van der Waals surface area contributed by atoms with Gasteiger partial charge in [-0.1, -0.05) is 6.42 Å². The lowest BCUT2D eigenvalue weighted by molar-refractivity contribution is -0.385. The summed E-state index contributed by atoms with van der Waals surface area (Å²) < 4.78 is 19.2. The first-order valence-corrected chi connectivity index (χ1v) is 6.28. The molecule has 1 aromatic rings. The largest absolute Gasteiger partial charge is 0.485 e. The highest BCUT2D eigenvalue weighted by molar-refractivity contribution is 5.45. The number of hydrogen-bond donors (Lipinski definition) is 1. The molecule has 0 bridgehead atoms. The Kier molecular flexibility index (Phi) is 3.99. The fraction of sp³-hybridized carbons (Fsp3) is 0.538. The maximum Gasteiger partial charge on any atom is 0.275 e. The van der Waals surface area contributed by atoms with E-state index < -0.39 is 22.9 Å². The van der Waals surface area contributed by atoms with Crippen molar-refractivity contribution in [3.8, 4) is 5.75 Å². The molecule has 1 N–H and O–H groups in total. The van der Waals surface area contributed by atoms with E-state index in [2.05, 4.69) is 0 Å². The zero-order chi connectivity index (χ0) is 14.0. The Labute approximate surface area is 110 Å². The maximum absolute atomic E-state index is 13.8. The summed E-state index contributed by atoms with van der Waals surface area (Å²) in [6.45, 7) is 1.53. The number of nitro benzene ring substituents is 1. The highest BCUT2D eigenvalue weighted by atomic mass is 19.1. The lowest BCUT2D eigenvalue weighted by Crippen LogP contribution is -2.34.